The van der Waals surface area contributed by atoms with Gasteiger partial charge in [-0.2, -0.15) is 0 Å². The second-order valence-electron chi connectivity index (χ2n) is 8.30. The van der Waals surface area contributed by atoms with Crippen LogP contribution in [0.1, 0.15) is 37.0 Å². The minimum Gasteiger partial charge on any atom is -0.497 e. The molecule has 7 nitrogen and oxygen atoms in total. The number of anilines is 1. The maximum atomic E-state index is 5.40. The van der Waals surface area contributed by atoms with Gasteiger partial charge in [0.1, 0.15) is 11.8 Å². The second-order valence-corrected chi connectivity index (χ2v) is 9.34. The van der Waals surface area contributed by atoms with Crippen molar-refractivity contribution in [1.82, 2.24) is 20.2 Å². The first-order chi connectivity index (χ1) is 14.6. The first-order valence-corrected chi connectivity index (χ1v) is 11.5. The van der Waals surface area contributed by atoms with Crippen LogP contribution < -0.4 is 14.5 Å². The molecule has 30 heavy (non-hydrogen) atoms. The zero-order valence-electron chi connectivity index (χ0n) is 18.0. The van der Waals surface area contributed by atoms with Gasteiger partial charge in [-0.15, -0.1) is 16.4 Å². The molecule has 4 rings (SSSR count). The van der Waals surface area contributed by atoms with Crippen LogP contribution in [-0.2, 0) is 6.54 Å². The zero-order chi connectivity index (χ0) is 20.9. The standard InChI is InChI=1S/C22H30N6OS/c1-17(2)14-21(22-23-24-25-28(22)16-20-8-5-13-30-20)27-11-9-26(10-12-27)18-6-4-7-19(15-18)29-3/h4-8,13,15,17,21H,9-12,14,16H2,1-3H3/p+1/t21-/m1/s1. The smallest absolute Gasteiger partial charge is 0.209 e. The van der Waals surface area contributed by atoms with Gasteiger partial charge in [-0.25, -0.2) is 4.68 Å². The second kappa shape index (κ2) is 9.57. The van der Waals surface area contributed by atoms with Gasteiger partial charge in [-0.3, -0.25) is 0 Å². The third-order valence-electron chi connectivity index (χ3n) is 5.78. The van der Waals surface area contributed by atoms with E-state index in [0.717, 1.165) is 50.7 Å². The number of hydrogen-bond donors (Lipinski definition) is 1. The van der Waals surface area contributed by atoms with E-state index in [4.69, 9.17) is 4.74 Å². The number of tetrazole rings is 1. The molecule has 0 aliphatic carbocycles. The summed E-state index contributed by atoms with van der Waals surface area (Å²) in [6.07, 6.45) is 1.08. The summed E-state index contributed by atoms with van der Waals surface area (Å²) in [6, 6.07) is 12.9. The van der Waals surface area contributed by atoms with Gasteiger partial charge < -0.3 is 14.5 Å². The number of nitrogens with zero attached hydrogens (tertiary/aromatic N) is 5. The largest absolute Gasteiger partial charge is 0.497 e. The molecule has 1 fully saturated rings. The lowest BCUT2D eigenvalue weighted by Gasteiger charge is -2.37. The molecule has 1 saturated heterocycles. The Bertz CT molecular complexity index is 917. The molecule has 1 aromatic carbocycles. The summed E-state index contributed by atoms with van der Waals surface area (Å²) in [5.74, 6) is 2.51. The Labute approximate surface area is 182 Å². The summed E-state index contributed by atoms with van der Waals surface area (Å²) in [5, 5.41) is 14.9. The van der Waals surface area contributed by atoms with E-state index in [-0.39, 0.29) is 0 Å². The highest BCUT2D eigenvalue weighted by Crippen LogP contribution is 2.22. The molecule has 3 aromatic rings. The highest BCUT2D eigenvalue weighted by molar-refractivity contribution is 7.09. The van der Waals surface area contributed by atoms with E-state index in [1.54, 1.807) is 23.3 Å². The average Bonchev–Trinajstić information content (AvgIpc) is 3.45. The highest BCUT2D eigenvalue weighted by atomic mass is 32.1. The lowest BCUT2D eigenvalue weighted by Crippen LogP contribution is -3.15. The Morgan fingerprint density at radius 3 is 2.70 bits per heavy atom. The average molecular weight is 428 g/mol. The number of thiophene rings is 1. The van der Waals surface area contributed by atoms with Crippen LogP contribution in [0.15, 0.2) is 41.8 Å². The summed E-state index contributed by atoms with van der Waals surface area (Å²) in [7, 11) is 1.72. The number of quaternary nitrogens is 1. The summed E-state index contributed by atoms with van der Waals surface area (Å²) >= 11 is 1.75. The van der Waals surface area contributed by atoms with E-state index in [9.17, 15) is 0 Å². The molecule has 160 valence electrons. The fourth-order valence-corrected chi connectivity index (χ4v) is 4.94. The van der Waals surface area contributed by atoms with Crippen molar-refractivity contribution in [1.29, 1.82) is 0 Å². The molecular formula is C22H31N6OS+. The van der Waals surface area contributed by atoms with Gasteiger partial charge in [-0.05, 0) is 39.9 Å². The number of benzene rings is 1. The Hall–Kier alpha value is -2.45. The van der Waals surface area contributed by atoms with E-state index in [0.29, 0.717) is 12.0 Å². The number of methoxy groups -OCH3 is 1. The molecule has 0 amide bonds. The number of ether oxygens (including phenoxy) is 1. The van der Waals surface area contributed by atoms with Crippen LogP contribution in [0.3, 0.4) is 0 Å². The van der Waals surface area contributed by atoms with Gasteiger partial charge in [0.2, 0.25) is 5.82 Å². The van der Waals surface area contributed by atoms with E-state index in [1.165, 1.54) is 10.6 Å². The van der Waals surface area contributed by atoms with Crippen LogP contribution in [0, 0.1) is 5.92 Å². The fourth-order valence-electron chi connectivity index (χ4n) is 4.26. The van der Waals surface area contributed by atoms with Crippen LogP contribution in [0.4, 0.5) is 5.69 Å². The van der Waals surface area contributed by atoms with Crippen LogP contribution in [0.2, 0.25) is 0 Å². The number of rotatable bonds is 8. The molecule has 1 atom stereocenters. The Balaban J connectivity index is 1.48. The molecule has 0 saturated carbocycles. The number of hydrogen-bond acceptors (Lipinski definition) is 6. The molecule has 8 heteroatoms. The fraction of sp³-hybridized carbons (Fsp3) is 0.500. The van der Waals surface area contributed by atoms with Crippen molar-refractivity contribution in [2.45, 2.75) is 32.9 Å². The third kappa shape index (κ3) is 4.82. The minimum absolute atomic E-state index is 0.312. The van der Waals surface area contributed by atoms with Crippen molar-refractivity contribution in [2.75, 3.05) is 38.2 Å². The van der Waals surface area contributed by atoms with Crippen LogP contribution in [0.5, 0.6) is 5.75 Å². The zero-order valence-corrected chi connectivity index (χ0v) is 18.8. The van der Waals surface area contributed by atoms with Gasteiger partial charge in [0.15, 0.2) is 0 Å². The quantitative estimate of drug-likeness (QED) is 0.598. The SMILES string of the molecule is COc1cccc(N2CC[NH+]([C@H](CC(C)C)c3nnnn3Cc3cccs3)CC2)c1. The maximum Gasteiger partial charge on any atom is 0.209 e. The van der Waals surface area contributed by atoms with E-state index < -0.39 is 0 Å². The summed E-state index contributed by atoms with van der Waals surface area (Å²) in [6.45, 7) is 9.49. The van der Waals surface area contributed by atoms with E-state index in [2.05, 4.69) is 70.0 Å². The maximum absolute atomic E-state index is 5.40. The monoisotopic (exact) mass is 427 g/mol. The highest BCUT2D eigenvalue weighted by Gasteiger charge is 2.33. The number of nitrogens with one attached hydrogen (secondary N) is 1. The number of piperazine rings is 1. The minimum atomic E-state index is 0.312. The van der Waals surface area contributed by atoms with Crippen LogP contribution >= 0.6 is 11.3 Å². The van der Waals surface area contributed by atoms with Gasteiger partial charge in [-0.1, -0.05) is 26.0 Å². The molecule has 3 heterocycles. The van der Waals surface area contributed by atoms with Crippen molar-refractivity contribution >= 4 is 17.0 Å². The molecular weight excluding hydrogens is 396 g/mol. The summed E-state index contributed by atoms with van der Waals surface area (Å²) < 4.78 is 7.40. The van der Waals surface area contributed by atoms with Crippen LogP contribution in [0.25, 0.3) is 0 Å². The van der Waals surface area contributed by atoms with Gasteiger partial charge in [0, 0.05) is 23.1 Å². The predicted octanol–water partition coefficient (Wildman–Crippen LogP) is 2.28. The first-order valence-electron chi connectivity index (χ1n) is 10.7. The van der Waals surface area contributed by atoms with Crippen molar-refractivity contribution < 1.29 is 9.64 Å². The lowest BCUT2D eigenvalue weighted by atomic mass is 10.0. The molecule has 0 bridgehead atoms. The van der Waals surface area contributed by atoms with Gasteiger partial charge in [0.25, 0.3) is 0 Å². The van der Waals surface area contributed by atoms with Crippen molar-refractivity contribution in [3.63, 3.8) is 0 Å². The Morgan fingerprint density at radius 2 is 2.00 bits per heavy atom. The van der Waals surface area contributed by atoms with Gasteiger partial charge in [0.05, 0.1) is 39.8 Å². The van der Waals surface area contributed by atoms with Crippen molar-refractivity contribution in [2.24, 2.45) is 5.92 Å². The Morgan fingerprint density at radius 1 is 1.17 bits per heavy atom. The third-order valence-corrected chi connectivity index (χ3v) is 6.64. The molecule has 1 aliphatic rings. The van der Waals surface area contributed by atoms with Crippen molar-refractivity contribution in [3.8, 4) is 5.75 Å². The molecule has 0 spiro atoms. The molecule has 2 aromatic heterocycles. The number of aromatic nitrogens is 4. The summed E-state index contributed by atoms with van der Waals surface area (Å²) in [4.78, 5) is 5.31. The first kappa shape index (κ1) is 20.8. The van der Waals surface area contributed by atoms with Crippen molar-refractivity contribution in [3.05, 3.63) is 52.5 Å². The molecule has 1 aliphatic heterocycles. The molecule has 0 radical (unpaired) electrons. The Kier molecular flexibility index (Phi) is 6.64. The van der Waals surface area contributed by atoms with E-state index in [1.807, 2.05) is 10.7 Å². The normalized spacial score (nSPS) is 16.2. The lowest BCUT2D eigenvalue weighted by molar-refractivity contribution is -0.934. The predicted molar refractivity (Wildman–Crippen MR) is 119 cm³/mol. The van der Waals surface area contributed by atoms with Crippen LogP contribution in [-0.4, -0.2) is 53.5 Å². The molecule has 1 N–H and O–H groups in total. The van der Waals surface area contributed by atoms with Gasteiger partial charge >= 0.3 is 0 Å². The molecule has 0 unspecified atom stereocenters. The summed E-state index contributed by atoms with van der Waals surface area (Å²) in [5.41, 5.74) is 1.23. The van der Waals surface area contributed by atoms with E-state index >= 15 is 0 Å². The topological polar surface area (TPSA) is 60.5 Å².